The zero-order valence-electron chi connectivity index (χ0n) is 17.8. The maximum atomic E-state index is 6.47. The molecule has 0 saturated carbocycles. The molecule has 1 aliphatic rings. The smallest absolute Gasteiger partial charge is 0.284 e. The topological polar surface area (TPSA) is 55.4 Å². The summed E-state index contributed by atoms with van der Waals surface area (Å²) in [5.41, 5.74) is 0.0255. The third-order valence-corrected chi connectivity index (χ3v) is 10.1. The molecule has 1 saturated heterocycles. The third-order valence-electron chi connectivity index (χ3n) is 5.21. The number of hydrogen-bond acceptors (Lipinski definition) is 6. The summed E-state index contributed by atoms with van der Waals surface area (Å²) in [4.78, 5) is 0. The predicted molar refractivity (Wildman–Crippen MR) is 104 cm³/mol. The molecule has 0 aromatic rings. The van der Waals surface area contributed by atoms with E-state index in [0.717, 1.165) is 31.4 Å². The second kappa shape index (κ2) is 11.7. The Balaban J connectivity index is 2.88. The molecular formula is C19H40O6Si. The van der Waals surface area contributed by atoms with E-state index < -0.39 is 14.3 Å². The van der Waals surface area contributed by atoms with E-state index in [1.54, 1.807) is 7.11 Å². The minimum Gasteiger partial charge on any atom is -0.390 e. The van der Waals surface area contributed by atoms with E-state index in [9.17, 15) is 0 Å². The van der Waals surface area contributed by atoms with Crippen molar-refractivity contribution in [2.24, 2.45) is 0 Å². The SMILES string of the molecule is CCC(OC(CC)[Si](CC)(CC)OC(C)OC)OC1(CC)OCCCO1. The van der Waals surface area contributed by atoms with Gasteiger partial charge < -0.3 is 23.4 Å². The second-order valence-electron chi connectivity index (χ2n) is 6.77. The van der Waals surface area contributed by atoms with E-state index in [1.165, 1.54) is 0 Å². The summed E-state index contributed by atoms with van der Waals surface area (Å²) in [6.45, 7) is 13.8. The van der Waals surface area contributed by atoms with Gasteiger partial charge in [-0.1, -0.05) is 34.6 Å². The van der Waals surface area contributed by atoms with Crippen molar-refractivity contribution in [3.63, 3.8) is 0 Å². The summed E-state index contributed by atoms with van der Waals surface area (Å²) < 4.78 is 36.1. The average Bonchev–Trinajstić information content (AvgIpc) is 2.70. The van der Waals surface area contributed by atoms with Gasteiger partial charge in [0.15, 0.2) is 6.29 Å². The Kier molecular flexibility index (Phi) is 10.8. The van der Waals surface area contributed by atoms with Gasteiger partial charge >= 0.3 is 0 Å². The van der Waals surface area contributed by atoms with Crippen molar-refractivity contribution in [1.82, 2.24) is 0 Å². The predicted octanol–water partition coefficient (Wildman–Crippen LogP) is 4.57. The van der Waals surface area contributed by atoms with Gasteiger partial charge in [0.25, 0.3) is 5.97 Å². The van der Waals surface area contributed by atoms with Crippen LogP contribution >= 0.6 is 0 Å². The first-order valence-electron chi connectivity index (χ1n) is 10.3. The van der Waals surface area contributed by atoms with Crippen LogP contribution in [0.5, 0.6) is 0 Å². The van der Waals surface area contributed by atoms with Crippen molar-refractivity contribution >= 4 is 8.32 Å². The van der Waals surface area contributed by atoms with Crippen LogP contribution in [0, 0.1) is 0 Å². The first kappa shape index (κ1) is 24.0. The Morgan fingerprint density at radius 1 is 1.00 bits per heavy atom. The quantitative estimate of drug-likeness (QED) is 0.338. The van der Waals surface area contributed by atoms with Crippen LogP contribution in [0.4, 0.5) is 0 Å². The average molecular weight is 393 g/mol. The van der Waals surface area contributed by atoms with Crippen molar-refractivity contribution in [3.8, 4) is 0 Å². The van der Waals surface area contributed by atoms with Gasteiger partial charge in [0.05, 0.1) is 18.9 Å². The lowest BCUT2D eigenvalue weighted by atomic mass is 10.3. The molecule has 3 atom stereocenters. The lowest BCUT2D eigenvalue weighted by Crippen LogP contribution is -2.55. The highest BCUT2D eigenvalue weighted by Gasteiger charge is 2.44. The molecule has 0 amide bonds. The monoisotopic (exact) mass is 392 g/mol. The summed E-state index contributed by atoms with van der Waals surface area (Å²) in [6, 6.07) is 1.94. The van der Waals surface area contributed by atoms with Crippen LogP contribution in [0.1, 0.15) is 67.2 Å². The maximum absolute atomic E-state index is 6.47. The summed E-state index contributed by atoms with van der Waals surface area (Å²) in [5.74, 6) is -0.986. The summed E-state index contributed by atoms with van der Waals surface area (Å²) >= 11 is 0. The third kappa shape index (κ3) is 6.26. The highest BCUT2D eigenvalue weighted by atomic mass is 28.4. The Bertz CT molecular complexity index is 371. The molecule has 1 rings (SSSR count). The molecule has 1 aliphatic heterocycles. The van der Waals surface area contributed by atoms with Gasteiger partial charge in [-0.05, 0) is 38.3 Å². The van der Waals surface area contributed by atoms with Gasteiger partial charge in [-0.15, -0.1) is 0 Å². The molecule has 26 heavy (non-hydrogen) atoms. The summed E-state index contributed by atoms with van der Waals surface area (Å²) in [6.07, 6.45) is 2.51. The van der Waals surface area contributed by atoms with Gasteiger partial charge in [-0.2, -0.15) is 0 Å². The number of hydrogen-bond donors (Lipinski definition) is 0. The van der Waals surface area contributed by atoms with E-state index in [-0.39, 0.29) is 18.3 Å². The van der Waals surface area contributed by atoms with E-state index in [2.05, 4.69) is 27.7 Å². The number of rotatable bonds is 13. The van der Waals surface area contributed by atoms with Crippen LogP contribution in [0.2, 0.25) is 12.1 Å². The van der Waals surface area contributed by atoms with Crippen molar-refractivity contribution in [2.45, 2.75) is 104 Å². The molecule has 0 aliphatic carbocycles. The van der Waals surface area contributed by atoms with Crippen LogP contribution in [0.15, 0.2) is 0 Å². The standard InChI is InChI=1S/C19H40O6Si/c1-8-17(24-19(10-3)21-14-13-15-22-19)23-18(9-2)26(11-4,12-5)25-16(6)20-7/h16-18H,8-15H2,1-7H3. The fraction of sp³-hybridized carbons (Fsp3) is 1.00. The molecule has 1 fully saturated rings. The Morgan fingerprint density at radius 3 is 2.04 bits per heavy atom. The fourth-order valence-electron chi connectivity index (χ4n) is 3.42. The van der Waals surface area contributed by atoms with Crippen LogP contribution < -0.4 is 0 Å². The summed E-state index contributed by atoms with van der Waals surface area (Å²) in [5, 5.41) is 0. The summed E-state index contributed by atoms with van der Waals surface area (Å²) in [7, 11) is -0.467. The second-order valence-corrected chi connectivity index (χ2v) is 11.2. The van der Waals surface area contributed by atoms with E-state index >= 15 is 0 Å². The van der Waals surface area contributed by atoms with Gasteiger partial charge in [0.1, 0.15) is 6.29 Å². The zero-order chi connectivity index (χ0) is 19.6. The molecule has 0 bridgehead atoms. The minimum absolute atomic E-state index is 0.0255. The Hall–Kier alpha value is -0.0231. The lowest BCUT2D eigenvalue weighted by molar-refractivity contribution is -0.436. The molecule has 7 heteroatoms. The lowest BCUT2D eigenvalue weighted by Gasteiger charge is -2.42. The Morgan fingerprint density at radius 2 is 1.62 bits per heavy atom. The molecule has 0 N–H and O–H groups in total. The van der Waals surface area contributed by atoms with Crippen LogP contribution in [0.25, 0.3) is 0 Å². The fourth-order valence-corrected chi connectivity index (χ4v) is 7.22. The molecular weight excluding hydrogens is 352 g/mol. The Labute approximate surface area is 160 Å². The van der Waals surface area contributed by atoms with E-state index in [0.29, 0.717) is 19.6 Å². The highest BCUT2D eigenvalue weighted by Crippen LogP contribution is 2.32. The normalized spacial score (nSPS) is 21.3. The molecule has 0 spiro atoms. The maximum Gasteiger partial charge on any atom is 0.284 e. The van der Waals surface area contributed by atoms with Crippen molar-refractivity contribution in [1.29, 1.82) is 0 Å². The van der Waals surface area contributed by atoms with Crippen LogP contribution in [-0.4, -0.2) is 52.9 Å². The molecule has 156 valence electrons. The van der Waals surface area contributed by atoms with Crippen LogP contribution in [0.3, 0.4) is 0 Å². The highest BCUT2D eigenvalue weighted by molar-refractivity contribution is 6.75. The molecule has 3 unspecified atom stereocenters. The molecule has 0 aromatic heterocycles. The van der Waals surface area contributed by atoms with Crippen molar-refractivity contribution in [3.05, 3.63) is 0 Å². The molecule has 6 nitrogen and oxygen atoms in total. The molecule has 0 radical (unpaired) electrons. The van der Waals surface area contributed by atoms with Crippen molar-refractivity contribution in [2.75, 3.05) is 20.3 Å². The first-order chi connectivity index (χ1) is 12.4. The molecule has 0 aromatic carbocycles. The van der Waals surface area contributed by atoms with E-state index in [1.807, 2.05) is 13.8 Å². The zero-order valence-corrected chi connectivity index (χ0v) is 18.8. The molecule has 1 heterocycles. The largest absolute Gasteiger partial charge is 0.390 e. The minimum atomic E-state index is -2.15. The van der Waals surface area contributed by atoms with Gasteiger partial charge in [-0.25, -0.2) is 0 Å². The van der Waals surface area contributed by atoms with Crippen LogP contribution in [-0.2, 0) is 28.1 Å². The van der Waals surface area contributed by atoms with Crippen molar-refractivity contribution < 1.29 is 28.1 Å². The van der Waals surface area contributed by atoms with Gasteiger partial charge in [0.2, 0.25) is 8.32 Å². The number of methoxy groups -OCH3 is 1. The first-order valence-corrected chi connectivity index (χ1v) is 12.7. The van der Waals surface area contributed by atoms with Gasteiger partial charge in [-0.3, -0.25) is 4.74 Å². The van der Waals surface area contributed by atoms with Gasteiger partial charge in [0, 0.05) is 13.5 Å². The van der Waals surface area contributed by atoms with E-state index in [4.69, 9.17) is 28.1 Å². The number of ether oxygens (including phenoxy) is 5.